The average Bonchev–Trinajstić information content (AvgIpc) is 2.80. The number of amides is 1. The van der Waals surface area contributed by atoms with Crippen molar-refractivity contribution in [2.24, 2.45) is 0 Å². The van der Waals surface area contributed by atoms with Gasteiger partial charge in [-0.05, 0) is 18.5 Å². The number of likely N-dealkylation sites (N-methyl/N-ethyl adjacent to an activating group) is 1. The molecular weight excluding hydrogens is 270 g/mol. The van der Waals surface area contributed by atoms with Crippen LogP contribution < -0.4 is 10.2 Å². The summed E-state index contributed by atoms with van der Waals surface area (Å²) in [6.45, 7) is 3.23. The third-order valence-electron chi connectivity index (χ3n) is 2.90. The Bertz CT molecular complexity index is 496. The fourth-order valence-electron chi connectivity index (χ4n) is 1.87. The van der Waals surface area contributed by atoms with E-state index in [2.05, 4.69) is 9.69 Å². The summed E-state index contributed by atoms with van der Waals surface area (Å²) in [7, 11) is 1.54. The molecule has 104 valence electrons. The van der Waals surface area contributed by atoms with Gasteiger partial charge in [-0.3, -0.25) is 4.79 Å². The molecule has 0 spiro atoms. The van der Waals surface area contributed by atoms with Gasteiger partial charge < -0.3 is 20.1 Å². The minimum Gasteiger partial charge on any atom is -0.478 e. The van der Waals surface area contributed by atoms with E-state index in [0.29, 0.717) is 30.4 Å². The van der Waals surface area contributed by atoms with E-state index < -0.39 is 12.1 Å². The van der Waals surface area contributed by atoms with Crippen molar-refractivity contribution in [1.82, 2.24) is 9.69 Å². The summed E-state index contributed by atoms with van der Waals surface area (Å²) >= 11 is 1.00. The smallest absolute Gasteiger partial charge is 0.340 e. The number of hydrogen-bond donors (Lipinski definition) is 2. The highest BCUT2D eigenvalue weighted by molar-refractivity contribution is 7.11. The van der Waals surface area contributed by atoms with Gasteiger partial charge in [0.1, 0.15) is 16.7 Å². The van der Waals surface area contributed by atoms with Crippen molar-refractivity contribution in [2.75, 3.05) is 31.6 Å². The van der Waals surface area contributed by atoms with E-state index in [9.17, 15) is 9.59 Å². The molecule has 0 saturated carbocycles. The zero-order valence-corrected chi connectivity index (χ0v) is 11.5. The lowest BCUT2D eigenvalue weighted by atomic mass is 10.2. The minimum atomic E-state index is -1.08. The van der Waals surface area contributed by atoms with Crippen molar-refractivity contribution >= 4 is 28.4 Å². The number of carboxylic acids is 1. The Morgan fingerprint density at radius 2 is 2.32 bits per heavy atom. The number of carboxylic acid groups (broad SMARTS) is 1. The van der Waals surface area contributed by atoms with Crippen LogP contribution in [0.2, 0.25) is 0 Å². The third kappa shape index (κ3) is 2.75. The normalized spacial score (nSPS) is 19.2. The first kappa shape index (κ1) is 13.9. The quantitative estimate of drug-likeness (QED) is 0.818. The number of carbonyl (C=O) groups excluding carboxylic acids is 1. The van der Waals surface area contributed by atoms with Crippen molar-refractivity contribution in [3.8, 4) is 0 Å². The molecule has 1 aliphatic rings. The summed E-state index contributed by atoms with van der Waals surface area (Å²) in [5, 5.41) is 12.6. The van der Waals surface area contributed by atoms with Crippen LogP contribution in [0.25, 0.3) is 0 Å². The number of aromatic nitrogens is 1. The predicted molar refractivity (Wildman–Crippen MR) is 69.8 cm³/mol. The summed E-state index contributed by atoms with van der Waals surface area (Å²) in [6, 6.07) is 0. The van der Waals surface area contributed by atoms with Gasteiger partial charge in [-0.2, -0.15) is 4.37 Å². The number of nitrogens with one attached hydrogen (secondary N) is 1. The van der Waals surface area contributed by atoms with Crippen molar-refractivity contribution in [1.29, 1.82) is 0 Å². The first-order valence-electron chi connectivity index (χ1n) is 5.81. The van der Waals surface area contributed by atoms with Gasteiger partial charge >= 0.3 is 5.97 Å². The molecule has 1 saturated heterocycles. The Morgan fingerprint density at radius 1 is 1.58 bits per heavy atom. The maximum atomic E-state index is 12.2. The van der Waals surface area contributed by atoms with E-state index in [0.717, 1.165) is 11.5 Å². The molecule has 0 radical (unpaired) electrons. The molecular formula is C11H15N3O4S. The van der Waals surface area contributed by atoms with Crippen molar-refractivity contribution in [2.45, 2.75) is 13.0 Å². The number of ether oxygens (including phenoxy) is 1. The Balaban J connectivity index is 2.21. The van der Waals surface area contributed by atoms with E-state index in [4.69, 9.17) is 9.84 Å². The number of nitrogens with zero attached hydrogens (tertiary/aromatic N) is 2. The largest absolute Gasteiger partial charge is 0.478 e. The molecule has 1 aromatic heterocycles. The molecule has 0 aliphatic carbocycles. The monoisotopic (exact) mass is 285 g/mol. The molecule has 0 aromatic carbocycles. The van der Waals surface area contributed by atoms with Crippen LogP contribution in [0.15, 0.2) is 0 Å². The molecule has 0 bridgehead atoms. The van der Waals surface area contributed by atoms with Crippen LogP contribution in [-0.2, 0) is 9.53 Å². The van der Waals surface area contributed by atoms with Crippen LogP contribution in [0.5, 0.6) is 0 Å². The standard InChI is InChI=1S/C11H15N3O4S/c1-6-8(11(16)17)10(19-13-6)14(2)9(15)7-5-12-3-4-18-7/h7,12H,3-5H2,1-2H3,(H,16,17). The molecule has 8 heteroatoms. The van der Waals surface area contributed by atoms with Gasteiger partial charge in [0.2, 0.25) is 0 Å². The van der Waals surface area contributed by atoms with Gasteiger partial charge in [0, 0.05) is 20.1 Å². The van der Waals surface area contributed by atoms with Crippen LogP contribution in [0, 0.1) is 6.92 Å². The summed E-state index contributed by atoms with van der Waals surface area (Å²) in [4.78, 5) is 24.7. The first-order chi connectivity index (χ1) is 9.02. The zero-order valence-electron chi connectivity index (χ0n) is 10.7. The number of aromatic carboxylic acids is 1. The highest BCUT2D eigenvalue weighted by atomic mass is 32.1. The SMILES string of the molecule is Cc1nsc(N(C)C(=O)C2CNCCO2)c1C(=O)O. The Morgan fingerprint density at radius 3 is 2.89 bits per heavy atom. The van der Waals surface area contributed by atoms with Crippen LogP contribution >= 0.6 is 11.5 Å². The number of hydrogen-bond acceptors (Lipinski definition) is 6. The minimum absolute atomic E-state index is 0.0737. The Hall–Kier alpha value is -1.51. The Labute approximate surface area is 114 Å². The fourth-order valence-corrected chi connectivity index (χ4v) is 2.73. The number of anilines is 1. The molecule has 19 heavy (non-hydrogen) atoms. The summed E-state index contributed by atoms with van der Waals surface area (Å²) < 4.78 is 9.37. The zero-order chi connectivity index (χ0) is 14.0. The van der Waals surface area contributed by atoms with Crippen molar-refractivity contribution < 1.29 is 19.4 Å². The van der Waals surface area contributed by atoms with E-state index in [1.165, 1.54) is 4.90 Å². The lowest BCUT2D eigenvalue weighted by Gasteiger charge is -2.26. The van der Waals surface area contributed by atoms with Crippen molar-refractivity contribution in [3.05, 3.63) is 11.3 Å². The molecule has 2 rings (SSSR count). The topological polar surface area (TPSA) is 91.8 Å². The van der Waals surface area contributed by atoms with Gasteiger partial charge in [-0.1, -0.05) is 0 Å². The molecule has 1 amide bonds. The second kappa shape index (κ2) is 5.64. The second-order valence-corrected chi connectivity index (χ2v) is 4.97. The highest BCUT2D eigenvalue weighted by Crippen LogP contribution is 2.28. The molecule has 7 nitrogen and oxygen atoms in total. The summed E-state index contributed by atoms with van der Waals surface area (Å²) in [5.74, 6) is -1.35. The average molecular weight is 285 g/mol. The van der Waals surface area contributed by atoms with Crippen molar-refractivity contribution in [3.63, 3.8) is 0 Å². The van der Waals surface area contributed by atoms with Crippen LogP contribution in [-0.4, -0.2) is 54.2 Å². The molecule has 2 heterocycles. The van der Waals surface area contributed by atoms with E-state index in [1.807, 2.05) is 0 Å². The van der Waals surface area contributed by atoms with Crippen LogP contribution in [0.3, 0.4) is 0 Å². The molecule has 1 aromatic rings. The summed E-state index contributed by atoms with van der Waals surface area (Å²) in [6.07, 6.45) is -0.581. The number of aryl methyl sites for hydroxylation is 1. The van der Waals surface area contributed by atoms with Gasteiger partial charge in [0.05, 0.1) is 12.3 Å². The van der Waals surface area contributed by atoms with Crippen LogP contribution in [0.4, 0.5) is 5.00 Å². The van der Waals surface area contributed by atoms with Gasteiger partial charge in [-0.15, -0.1) is 0 Å². The van der Waals surface area contributed by atoms with Gasteiger partial charge in [0.25, 0.3) is 5.91 Å². The predicted octanol–water partition coefficient (Wildman–Crippen LogP) is 0.101. The van der Waals surface area contributed by atoms with Gasteiger partial charge in [-0.25, -0.2) is 4.79 Å². The third-order valence-corrected chi connectivity index (χ3v) is 3.91. The maximum Gasteiger partial charge on any atom is 0.340 e. The fraction of sp³-hybridized carbons (Fsp3) is 0.545. The lowest BCUT2D eigenvalue weighted by Crippen LogP contribution is -2.48. The second-order valence-electron chi connectivity index (χ2n) is 4.21. The highest BCUT2D eigenvalue weighted by Gasteiger charge is 2.30. The number of carbonyl (C=O) groups is 2. The molecule has 1 fully saturated rings. The van der Waals surface area contributed by atoms with Gasteiger partial charge in [0.15, 0.2) is 0 Å². The first-order valence-corrected chi connectivity index (χ1v) is 6.59. The van der Waals surface area contributed by atoms with E-state index >= 15 is 0 Å². The lowest BCUT2D eigenvalue weighted by molar-refractivity contribution is -0.131. The Kier molecular flexibility index (Phi) is 4.13. The van der Waals surface area contributed by atoms with E-state index in [-0.39, 0.29) is 11.5 Å². The van der Waals surface area contributed by atoms with Crippen LogP contribution in [0.1, 0.15) is 16.1 Å². The number of rotatable bonds is 3. The molecule has 1 unspecified atom stereocenters. The molecule has 1 aliphatic heterocycles. The summed E-state index contributed by atoms with van der Waals surface area (Å²) in [5.41, 5.74) is 0.486. The molecule has 1 atom stereocenters. The number of morpholine rings is 1. The van der Waals surface area contributed by atoms with E-state index in [1.54, 1.807) is 14.0 Å². The maximum absolute atomic E-state index is 12.2. The molecule has 2 N–H and O–H groups in total.